The second kappa shape index (κ2) is 6.36. The van der Waals surface area contributed by atoms with Gasteiger partial charge in [0.2, 0.25) is 0 Å². The van der Waals surface area contributed by atoms with Crippen LogP contribution in [0, 0.1) is 0 Å². The van der Waals surface area contributed by atoms with Gasteiger partial charge in [-0.3, -0.25) is 4.79 Å². The van der Waals surface area contributed by atoms with E-state index in [2.05, 4.69) is 10.2 Å². The van der Waals surface area contributed by atoms with Gasteiger partial charge in [0.1, 0.15) is 5.82 Å². The van der Waals surface area contributed by atoms with E-state index in [1.807, 2.05) is 4.57 Å². The minimum Gasteiger partial charge on any atom is -0.481 e. The van der Waals surface area contributed by atoms with Crippen LogP contribution >= 0.6 is 11.8 Å². The second-order valence-corrected chi connectivity index (χ2v) is 5.43. The number of thioether (sulfide) groups is 1. The number of hydrogen-bond donors (Lipinski definition) is 2. The minimum absolute atomic E-state index is 0.0432. The van der Waals surface area contributed by atoms with E-state index in [0.717, 1.165) is 17.6 Å². The van der Waals surface area contributed by atoms with Crippen molar-refractivity contribution >= 4 is 17.7 Å². The zero-order valence-electron chi connectivity index (χ0n) is 10.7. The van der Waals surface area contributed by atoms with Crippen molar-refractivity contribution in [2.45, 2.75) is 36.6 Å². The maximum Gasteiger partial charge on any atom is 0.313 e. The Kier molecular flexibility index (Phi) is 4.78. The fraction of sp³-hybridized carbons (Fsp3) is 0.727. The molecule has 1 aromatic heterocycles. The van der Waals surface area contributed by atoms with Crippen molar-refractivity contribution in [2.24, 2.45) is 0 Å². The summed E-state index contributed by atoms with van der Waals surface area (Å²) in [6, 6.07) is 0. The molecule has 8 heteroatoms. The van der Waals surface area contributed by atoms with Crippen molar-refractivity contribution in [3.8, 4) is 0 Å². The lowest BCUT2D eigenvalue weighted by molar-refractivity contribution is -0.133. The number of aromatic nitrogens is 3. The van der Waals surface area contributed by atoms with Gasteiger partial charge in [-0.2, -0.15) is 0 Å². The molecule has 1 saturated carbocycles. The van der Waals surface area contributed by atoms with Crippen LogP contribution in [0.15, 0.2) is 5.16 Å². The van der Waals surface area contributed by atoms with Crippen LogP contribution in [0.1, 0.15) is 24.6 Å². The van der Waals surface area contributed by atoms with Crippen molar-refractivity contribution in [3.63, 3.8) is 0 Å². The number of aliphatic hydroxyl groups is 1. The highest BCUT2D eigenvalue weighted by molar-refractivity contribution is 7.99. The Morgan fingerprint density at radius 1 is 1.53 bits per heavy atom. The molecular weight excluding hydrogens is 270 g/mol. The van der Waals surface area contributed by atoms with Gasteiger partial charge in [-0.25, -0.2) is 0 Å². The fourth-order valence-corrected chi connectivity index (χ4v) is 2.72. The van der Waals surface area contributed by atoms with Crippen LogP contribution in [0.25, 0.3) is 0 Å². The van der Waals surface area contributed by atoms with Gasteiger partial charge in [-0.1, -0.05) is 11.8 Å². The van der Waals surface area contributed by atoms with Crippen LogP contribution in [0.2, 0.25) is 0 Å². The highest BCUT2D eigenvalue weighted by Crippen LogP contribution is 2.36. The molecule has 1 heterocycles. The Hall–Kier alpha value is -1.12. The molecule has 1 aliphatic rings. The Morgan fingerprint density at radius 3 is 2.84 bits per heavy atom. The van der Waals surface area contributed by atoms with Gasteiger partial charge in [0, 0.05) is 19.6 Å². The molecule has 7 nitrogen and oxygen atoms in total. The first kappa shape index (κ1) is 14.3. The Balaban J connectivity index is 2.10. The molecule has 19 heavy (non-hydrogen) atoms. The van der Waals surface area contributed by atoms with E-state index in [1.54, 1.807) is 7.11 Å². The van der Waals surface area contributed by atoms with Gasteiger partial charge < -0.3 is 19.5 Å². The first-order valence-corrected chi connectivity index (χ1v) is 7.05. The van der Waals surface area contributed by atoms with E-state index >= 15 is 0 Å². The van der Waals surface area contributed by atoms with E-state index in [-0.39, 0.29) is 17.8 Å². The third-order valence-electron chi connectivity index (χ3n) is 3.07. The SMILES string of the molecule is COCCn1c(SCC(=O)O)nnc1C1CC(O)C1. The highest BCUT2D eigenvalue weighted by Gasteiger charge is 2.33. The van der Waals surface area contributed by atoms with Crippen molar-refractivity contribution < 1.29 is 19.7 Å². The molecule has 0 radical (unpaired) electrons. The number of rotatable bonds is 7. The smallest absolute Gasteiger partial charge is 0.313 e. The van der Waals surface area contributed by atoms with Gasteiger partial charge in [-0.15, -0.1) is 10.2 Å². The summed E-state index contributed by atoms with van der Waals surface area (Å²) in [5, 5.41) is 26.9. The lowest BCUT2D eigenvalue weighted by Crippen LogP contribution is -2.29. The summed E-state index contributed by atoms with van der Waals surface area (Å²) in [5.41, 5.74) is 0. The Labute approximate surface area is 115 Å². The molecule has 0 atom stereocenters. The summed E-state index contributed by atoms with van der Waals surface area (Å²) in [4.78, 5) is 10.6. The minimum atomic E-state index is -0.882. The summed E-state index contributed by atoms with van der Waals surface area (Å²) >= 11 is 1.15. The van der Waals surface area contributed by atoms with Gasteiger partial charge in [0.05, 0.1) is 18.5 Å². The third-order valence-corrected chi connectivity index (χ3v) is 4.02. The molecule has 0 bridgehead atoms. The number of methoxy groups -OCH3 is 1. The molecule has 1 aromatic rings. The van der Waals surface area contributed by atoms with E-state index in [1.165, 1.54) is 0 Å². The van der Waals surface area contributed by atoms with Crippen LogP contribution in [0.4, 0.5) is 0 Å². The van der Waals surface area contributed by atoms with Gasteiger partial charge in [0.25, 0.3) is 0 Å². The Bertz CT molecular complexity index is 445. The van der Waals surface area contributed by atoms with Crippen molar-refractivity contribution in [1.29, 1.82) is 0 Å². The molecule has 0 saturated heterocycles. The normalized spacial score (nSPS) is 22.2. The summed E-state index contributed by atoms with van der Waals surface area (Å²) in [5.74, 6) is 0.0963. The monoisotopic (exact) mass is 287 g/mol. The average molecular weight is 287 g/mol. The van der Waals surface area contributed by atoms with E-state index in [0.29, 0.717) is 31.1 Å². The summed E-state index contributed by atoms with van der Waals surface area (Å²) in [6.45, 7) is 1.11. The predicted molar refractivity (Wildman–Crippen MR) is 68.2 cm³/mol. The molecule has 1 fully saturated rings. The number of ether oxygens (including phenoxy) is 1. The first-order valence-electron chi connectivity index (χ1n) is 6.06. The fourth-order valence-electron chi connectivity index (χ4n) is 2.03. The molecule has 0 amide bonds. The third kappa shape index (κ3) is 3.46. The van der Waals surface area contributed by atoms with Gasteiger partial charge in [0.15, 0.2) is 5.16 Å². The molecule has 1 aliphatic carbocycles. The molecule has 2 rings (SSSR count). The molecule has 2 N–H and O–H groups in total. The zero-order chi connectivity index (χ0) is 13.8. The summed E-state index contributed by atoms with van der Waals surface area (Å²) in [7, 11) is 1.61. The highest BCUT2D eigenvalue weighted by atomic mass is 32.2. The van der Waals surface area contributed by atoms with Gasteiger partial charge in [-0.05, 0) is 12.8 Å². The number of aliphatic hydroxyl groups excluding tert-OH is 1. The van der Waals surface area contributed by atoms with Crippen molar-refractivity contribution in [3.05, 3.63) is 5.82 Å². The largest absolute Gasteiger partial charge is 0.481 e. The second-order valence-electron chi connectivity index (χ2n) is 4.49. The molecule has 0 unspecified atom stereocenters. The number of hydrogen-bond acceptors (Lipinski definition) is 6. The van der Waals surface area contributed by atoms with E-state index < -0.39 is 5.97 Å². The van der Waals surface area contributed by atoms with Gasteiger partial charge >= 0.3 is 5.97 Å². The maximum atomic E-state index is 10.6. The molecule has 0 spiro atoms. The van der Waals surface area contributed by atoms with Crippen LogP contribution in [0.5, 0.6) is 0 Å². The number of carbonyl (C=O) groups is 1. The van der Waals surface area contributed by atoms with E-state index in [9.17, 15) is 9.90 Å². The summed E-state index contributed by atoms with van der Waals surface area (Å²) < 4.78 is 6.95. The molecule has 0 aromatic carbocycles. The van der Waals surface area contributed by atoms with Crippen LogP contribution in [-0.2, 0) is 16.1 Å². The zero-order valence-corrected chi connectivity index (χ0v) is 11.5. The van der Waals surface area contributed by atoms with Crippen LogP contribution < -0.4 is 0 Å². The number of nitrogens with zero attached hydrogens (tertiary/aromatic N) is 3. The number of aliphatic carboxylic acids is 1. The van der Waals surface area contributed by atoms with E-state index in [4.69, 9.17) is 9.84 Å². The van der Waals surface area contributed by atoms with Crippen LogP contribution in [-0.4, -0.2) is 56.5 Å². The molecular formula is C11H17N3O4S. The average Bonchev–Trinajstić information content (AvgIpc) is 2.72. The molecule has 0 aliphatic heterocycles. The lowest BCUT2D eigenvalue weighted by atomic mass is 9.82. The first-order chi connectivity index (χ1) is 9.11. The van der Waals surface area contributed by atoms with Crippen LogP contribution in [0.3, 0.4) is 0 Å². The Morgan fingerprint density at radius 2 is 2.26 bits per heavy atom. The number of carboxylic acid groups (broad SMARTS) is 1. The van der Waals surface area contributed by atoms with Crippen molar-refractivity contribution in [2.75, 3.05) is 19.5 Å². The standard InChI is InChI=1S/C11H17N3O4S/c1-18-3-2-14-10(7-4-8(15)5-7)12-13-11(14)19-6-9(16)17/h7-8,15H,2-6H2,1H3,(H,16,17). The summed E-state index contributed by atoms with van der Waals surface area (Å²) in [6.07, 6.45) is 1.12. The maximum absolute atomic E-state index is 10.6. The predicted octanol–water partition coefficient (Wildman–Crippen LogP) is 0.339. The number of carboxylic acids is 1. The quantitative estimate of drug-likeness (QED) is 0.698. The lowest BCUT2D eigenvalue weighted by Gasteiger charge is -2.30. The van der Waals surface area contributed by atoms with Crippen molar-refractivity contribution in [1.82, 2.24) is 14.8 Å². The molecule has 106 valence electrons. The topological polar surface area (TPSA) is 97.5 Å².